The summed E-state index contributed by atoms with van der Waals surface area (Å²) in [6, 6.07) is 24.2. The quantitative estimate of drug-likeness (QED) is 0.254. The van der Waals surface area contributed by atoms with Crippen LogP contribution in [0, 0.1) is 6.92 Å². The molecule has 206 valence electrons. The molecule has 1 aliphatic carbocycles. The lowest BCUT2D eigenvalue weighted by molar-refractivity contribution is -0.139. The summed E-state index contributed by atoms with van der Waals surface area (Å²) in [6.07, 6.45) is 5.70. The maximum absolute atomic E-state index is 13.5. The van der Waals surface area contributed by atoms with Crippen molar-refractivity contribution in [1.82, 2.24) is 10.2 Å². The minimum Gasteiger partial charge on any atom is -0.480 e. The van der Waals surface area contributed by atoms with Crippen LogP contribution in [0.2, 0.25) is 0 Å². The summed E-state index contributed by atoms with van der Waals surface area (Å²) >= 11 is 1.57. The molecule has 0 aromatic heterocycles. The molecule has 39 heavy (non-hydrogen) atoms. The van der Waals surface area contributed by atoms with Gasteiger partial charge in [-0.1, -0.05) is 60.7 Å². The molecule has 5 nitrogen and oxygen atoms in total. The van der Waals surface area contributed by atoms with Crippen molar-refractivity contribution in [2.75, 3.05) is 12.0 Å². The molecule has 1 amide bonds. The van der Waals surface area contributed by atoms with Crippen molar-refractivity contribution in [2.24, 2.45) is 0 Å². The van der Waals surface area contributed by atoms with E-state index in [1.54, 1.807) is 11.8 Å². The Bertz CT molecular complexity index is 1290. The van der Waals surface area contributed by atoms with Crippen molar-refractivity contribution in [1.29, 1.82) is 0 Å². The van der Waals surface area contributed by atoms with Gasteiger partial charge in [0.1, 0.15) is 6.04 Å². The van der Waals surface area contributed by atoms with Gasteiger partial charge in [-0.05, 0) is 98.4 Å². The molecule has 0 aliphatic heterocycles. The van der Waals surface area contributed by atoms with Crippen LogP contribution in [0.25, 0.3) is 11.1 Å². The number of carbonyl (C=O) groups excluding carboxylic acids is 1. The van der Waals surface area contributed by atoms with Gasteiger partial charge in [-0.15, -0.1) is 0 Å². The molecule has 6 heteroatoms. The van der Waals surface area contributed by atoms with Crippen LogP contribution in [-0.2, 0) is 17.8 Å². The van der Waals surface area contributed by atoms with E-state index in [0.29, 0.717) is 23.8 Å². The lowest BCUT2D eigenvalue weighted by atomic mass is 9.92. The molecule has 1 unspecified atom stereocenters. The average Bonchev–Trinajstić information content (AvgIpc) is 3.69. The molecule has 3 aromatic carbocycles. The number of aryl methyl sites for hydroxylation is 1. The summed E-state index contributed by atoms with van der Waals surface area (Å²) in [4.78, 5) is 27.9. The first kappa shape index (κ1) is 28.9. The van der Waals surface area contributed by atoms with Gasteiger partial charge in [0.15, 0.2) is 0 Å². The van der Waals surface area contributed by atoms with E-state index in [-0.39, 0.29) is 11.4 Å². The largest absolute Gasteiger partial charge is 0.480 e. The second-order valence-corrected chi connectivity index (χ2v) is 11.9. The Morgan fingerprint density at radius 2 is 1.67 bits per heavy atom. The van der Waals surface area contributed by atoms with Gasteiger partial charge in [0.2, 0.25) is 0 Å². The van der Waals surface area contributed by atoms with Crippen molar-refractivity contribution in [2.45, 2.75) is 70.6 Å². The predicted molar refractivity (Wildman–Crippen MR) is 161 cm³/mol. The molecule has 2 N–H and O–H groups in total. The number of rotatable bonds is 13. The zero-order valence-corrected chi connectivity index (χ0v) is 24.3. The number of aliphatic carboxylic acids is 1. The highest BCUT2D eigenvalue weighted by atomic mass is 32.2. The summed E-state index contributed by atoms with van der Waals surface area (Å²) in [6.45, 7) is 7.35. The Balaban J connectivity index is 1.66. The van der Waals surface area contributed by atoms with Crippen LogP contribution >= 0.6 is 11.8 Å². The summed E-state index contributed by atoms with van der Waals surface area (Å²) in [7, 11) is 0. The number of nitrogens with zero attached hydrogens (tertiary/aromatic N) is 1. The standard InChI is InChI=1S/C33H40N2O3S/c1-23(2)35(33(17-18-33)21-25-11-6-5-7-12-25)22-26-14-15-28(29(20-26)27-13-9-8-10-24(27)3)31(36)34-30(32(37)38)16-19-39-4/h5-15,20,23,30H,16-19,21-22H2,1-4H3,(H,34,36)(H,37,38). The summed E-state index contributed by atoms with van der Waals surface area (Å²) < 4.78 is 0. The first-order chi connectivity index (χ1) is 18.7. The normalized spacial score (nSPS) is 14.8. The molecular formula is C33H40N2O3S. The highest BCUT2D eigenvalue weighted by Gasteiger charge is 2.48. The van der Waals surface area contributed by atoms with Crippen LogP contribution in [0.15, 0.2) is 72.8 Å². The fourth-order valence-corrected chi connectivity index (χ4v) is 5.97. The van der Waals surface area contributed by atoms with E-state index in [2.05, 4.69) is 60.5 Å². The van der Waals surface area contributed by atoms with Gasteiger partial charge < -0.3 is 10.4 Å². The molecule has 1 aliphatic rings. The Morgan fingerprint density at radius 3 is 2.28 bits per heavy atom. The number of benzene rings is 3. The van der Waals surface area contributed by atoms with E-state index >= 15 is 0 Å². The second kappa shape index (κ2) is 12.8. The third kappa shape index (κ3) is 7.11. The summed E-state index contributed by atoms with van der Waals surface area (Å²) in [5.41, 5.74) is 6.07. The Kier molecular flexibility index (Phi) is 9.52. The molecular weight excluding hydrogens is 504 g/mol. The van der Waals surface area contributed by atoms with E-state index in [9.17, 15) is 14.7 Å². The van der Waals surface area contributed by atoms with E-state index in [1.165, 1.54) is 18.4 Å². The third-order valence-corrected chi connectivity index (χ3v) is 8.41. The number of hydrogen-bond acceptors (Lipinski definition) is 4. The van der Waals surface area contributed by atoms with E-state index < -0.39 is 12.0 Å². The zero-order chi connectivity index (χ0) is 28.0. The van der Waals surface area contributed by atoms with E-state index in [4.69, 9.17) is 0 Å². The highest BCUT2D eigenvalue weighted by Crippen LogP contribution is 2.46. The summed E-state index contributed by atoms with van der Waals surface area (Å²) in [5, 5.41) is 12.5. The van der Waals surface area contributed by atoms with Crippen LogP contribution in [0.1, 0.15) is 60.2 Å². The van der Waals surface area contributed by atoms with Gasteiger partial charge >= 0.3 is 5.97 Å². The average molecular weight is 545 g/mol. The predicted octanol–water partition coefficient (Wildman–Crippen LogP) is 6.58. The van der Waals surface area contributed by atoms with Gasteiger partial charge in [0, 0.05) is 23.7 Å². The number of nitrogens with one attached hydrogen (secondary N) is 1. The summed E-state index contributed by atoms with van der Waals surface area (Å²) in [5.74, 6) is -0.694. The SMILES string of the molecule is CSCCC(NC(=O)c1ccc(CN(C(C)C)C2(Cc3ccccc3)CC2)cc1-c1ccccc1C)C(=O)O. The second-order valence-electron chi connectivity index (χ2n) is 10.9. The molecule has 0 saturated heterocycles. The van der Waals surface area contributed by atoms with Crippen LogP contribution < -0.4 is 5.32 Å². The Labute approximate surface area is 237 Å². The van der Waals surface area contributed by atoms with Crippen LogP contribution in [0.4, 0.5) is 0 Å². The number of thioether (sulfide) groups is 1. The highest BCUT2D eigenvalue weighted by molar-refractivity contribution is 7.98. The topological polar surface area (TPSA) is 69.6 Å². The fourth-order valence-electron chi connectivity index (χ4n) is 5.50. The van der Waals surface area contributed by atoms with Gasteiger partial charge in [-0.25, -0.2) is 4.79 Å². The van der Waals surface area contributed by atoms with Crippen molar-refractivity contribution < 1.29 is 14.7 Å². The molecule has 4 rings (SSSR count). The molecule has 0 bridgehead atoms. The zero-order valence-electron chi connectivity index (χ0n) is 23.4. The Morgan fingerprint density at radius 1 is 0.974 bits per heavy atom. The van der Waals surface area contributed by atoms with E-state index in [0.717, 1.165) is 35.2 Å². The molecule has 0 spiro atoms. The van der Waals surface area contributed by atoms with Gasteiger partial charge in [-0.3, -0.25) is 9.69 Å². The number of carboxylic acid groups (broad SMARTS) is 1. The van der Waals surface area contributed by atoms with Crippen molar-refractivity contribution >= 4 is 23.6 Å². The monoisotopic (exact) mass is 544 g/mol. The maximum atomic E-state index is 13.5. The smallest absolute Gasteiger partial charge is 0.326 e. The van der Waals surface area contributed by atoms with Gasteiger partial charge in [-0.2, -0.15) is 11.8 Å². The third-order valence-electron chi connectivity index (χ3n) is 7.77. The lowest BCUT2D eigenvalue weighted by Crippen LogP contribution is -2.43. The molecule has 0 radical (unpaired) electrons. The minimum absolute atomic E-state index is 0.153. The van der Waals surface area contributed by atoms with Gasteiger partial charge in [0.25, 0.3) is 5.91 Å². The number of carboxylic acids is 1. The molecule has 1 atom stereocenters. The van der Waals surface area contributed by atoms with Crippen molar-refractivity contribution in [3.05, 3.63) is 95.1 Å². The number of hydrogen-bond donors (Lipinski definition) is 2. The first-order valence-electron chi connectivity index (χ1n) is 13.8. The minimum atomic E-state index is -1.01. The van der Waals surface area contributed by atoms with Crippen LogP contribution in [-0.4, -0.2) is 51.5 Å². The lowest BCUT2D eigenvalue weighted by Gasteiger charge is -2.36. The Hall–Kier alpha value is -3.09. The first-order valence-corrected chi connectivity index (χ1v) is 15.2. The number of amides is 1. The van der Waals surface area contributed by atoms with Crippen LogP contribution in [0.3, 0.4) is 0 Å². The number of carbonyl (C=O) groups is 2. The fraction of sp³-hybridized carbons (Fsp3) is 0.394. The molecule has 1 saturated carbocycles. The molecule has 3 aromatic rings. The maximum Gasteiger partial charge on any atom is 0.326 e. The molecule has 1 fully saturated rings. The molecule has 0 heterocycles. The van der Waals surface area contributed by atoms with E-state index in [1.807, 2.05) is 49.6 Å². The van der Waals surface area contributed by atoms with Crippen molar-refractivity contribution in [3.63, 3.8) is 0 Å². The van der Waals surface area contributed by atoms with Gasteiger partial charge in [0.05, 0.1) is 0 Å². The van der Waals surface area contributed by atoms with Crippen LogP contribution in [0.5, 0.6) is 0 Å². The van der Waals surface area contributed by atoms with Crippen molar-refractivity contribution in [3.8, 4) is 11.1 Å².